The van der Waals surface area contributed by atoms with E-state index in [2.05, 4.69) is 6.92 Å². The molecule has 1 aromatic carbocycles. The summed E-state index contributed by atoms with van der Waals surface area (Å²) in [4.78, 5) is 23.9. The van der Waals surface area contributed by atoms with Crippen LogP contribution in [0, 0.1) is 16.0 Å². The summed E-state index contributed by atoms with van der Waals surface area (Å²) in [6.07, 6.45) is 5.34. The van der Waals surface area contributed by atoms with Crippen molar-refractivity contribution in [3.63, 3.8) is 0 Å². The Kier molecular flexibility index (Phi) is 4.50. The molecule has 0 spiro atoms. The van der Waals surface area contributed by atoms with Crippen LogP contribution in [0.3, 0.4) is 0 Å². The quantitative estimate of drug-likeness (QED) is 0.483. The first-order valence-corrected chi connectivity index (χ1v) is 6.77. The van der Waals surface area contributed by atoms with Crippen LogP contribution >= 0.6 is 0 Å². The van der Waals surface area contributed by atoms with Crippen molar-refractivity contribution in [2.45, 2.75) is 19.8 Å². The Labute approximate surface area is 118 Å². The van der Waals surface area contributed by atoms with Gasteiger partial charge in [-0.3, -0.25) is 14.9 Å². The number of benzene rings is 1. The van der Waals surface area contributed by atoms with Gasteiger partial charge in [0, 0.05) is 31.3 Å². The maximum atomic E-state index is 12.0. The predicted octanol–water partition coefficient (Wildman–Crippen LogP) is 2.87. The SMILES string of the molecule is CC1CCN(C(=O)C=Cc2ccc([N+](=O)[O-])cc2)CC1. The van der Waals surface area contributed by atoms with Crippen molar-refractivity contribution >= 4 is 17.7 Å². The molecule has 0 aromatic heterocycles. The third kappa shape index (κ3) is 3.66. The molecule has 1 aliphatic heterocycles. The van der Waals surface area contributed by atoms with E-state index in [1.165, 1.54) is 18.2 Å². The normalized spacial score (nSPS) is 16.6. The summed E-state index contributed by atoms with van der Waals surface area (Å²) in [5.41, 5.74) is 0.841. The standard InChI is InChI=1S/C15H18N2O3/c1-12-8-10-16(11-9-12)15(18)7-4-13-2-5-14(6-3-13)17(19)20/h2-7,12H,8-11H2,1H3. The van der Waals surface area contributed by atoms with Gasteiger partial charge >= 0.3 is 0 Å². The fourth-order valence-corrected chi connectivity index (χ4v) is 2.21. The number of non-ortho nitro benzene ring substituents is 1. The van der Waals surface area contributed by atoms with Crippen LogP contribution in [0.1, 0.15) is 25.3 Å². The second-order valence-corrected chi connectivity index (χ2v) is 5.19. The Balaban J connectivity index is 1.95. The van der Waals surface area contributed by atoms with Gasteiger partial charge in [-0.2, -0.15) is 0 Å². The Hall–Kier alpha value is -2.17. The number of carbonyl (C=O) groups is 1. The lowest BCUT2D eigenvalue weighted by Gasteiger charge is -2.29. The molecule has 0 aliphatic carbocycles. The van der Waals surface area contributed by atoms with Crippen LogP contribution in [0.5, 0.6) is 0 Å². The minimum Gasteiger partial charge on any atom is -0.339 e. The number of nitro groups is 1. The zero-order chi connectivity index (χ0) is 14.5. The van der Waals surface area contributed by atoms with Gasteiger partial charge in [-0.1, -0.05) is 6.92 Å². The molecule has 1 saturated heterocycles. The van der Waals surface area contributed by atoms with Crippen molar-refractivity contribution in [3.05, 3.63) is 46.0 Å². The molecule has 0 unspecified atom stereocenters. The van der Waals surface area contributed by atoms with Gasteiger partial charge in [-0.15, -0.1) is 0 Å². The van der Waals surface area contributed by atoms with Crippen LogP contribution < -0.4 is 0 Å². The van der Waals surface area contributed by atoms with Gasteiger partial charge in [0.2, 0.25) is 5.91 Å². The minimum absolute atomic E-state index is 0.00949. The molecule has 0 bridgehead atoms. The fourth-order valence-electron chi connectivity index (χ4n) is 2.21. The number of nitrogens with zero attached hydrogens (tertiary/aromatic N) is 2. The van der Waals surface area contributed by atoms with Gasteiger partial charge in [-0.25, -0.2) is 0 Å². The molecule has 0 atom stereocenters. The molecular formula is C15H18N2O3. The molecule has 1 aromatic rings. The highest BCUT2D eigenvalue weighted by atomic mass is 16.6. The lowest BCUT2D eigenvalue weighted by molar-refractivity contribution is -0.384. The predicted molar refractivity (Wildman–Crippen MR) is 77.1 cm³/mol. The van der Waals surface area contributed by atoms with Gasteiger partial charge in [0.05, 0.1) is 4.92 Å². The molecule has 5 nitrogen and oxygen atoms in total. The summed E-state index contributed by atoms with van der Waals surface area (Å²) < 4.78 is 0. The second-order valence-electron chi connectivity index (χ2n) is 5.19. The number of hydrogen-bond acceptors (Lipinski definition) is 3. The molecule has 0 radical (unpaired) electrons. The minimum atomic E-state index is -0.437. The van der Waals surface area contributed by atoms with Crippen LogP contribution in [0.15, 0.2) is 30.3 Å². The summed E-state index contributed by atoms with van der Waals surface area (Å²) in [6, 6.07) is 6.15. The Morgan fingerprint density at radius 2 is 1.90 bits per heavy atom. The summed E-state index contributed by atoms with van der Waals surface area (Å²) in [5.74, 6) is 0.702. The maximum Gasteiger partial charge on any atom is 0.269 e. The summed E-state index contributed by atoms with van der Waals surface area (Å²) >= 11 is 0. The molecule has 0 saturated carbocycles. The number of hydrogen-bond donors (Lipinski definition) is 0. The van der Waals surface area contributed by atoms with Crippen LogP contribution in [-0.4, -0.2) is 28.8 Å². The van der Waals surface area contributed by atoms with Crippen LogP contribution in [0.25, 0.3) is 6.08 Å². The van der Waals surface area contributed by atoms with E-state index < -0.39 is 4.92 Å². The zero-order valence-corrected chi connectivity index (χ0v) is 11.5. The third-order valence-corrected chi connectivity index (χ3v) is 3.62. The zero-order valence-electron chi connectivity index (χ0n) is 11.5. The molecule has 106 valence electrons. The highest BCUT2D eigenvalue weighted by Crippen LogP contribution is 2.17. The van der Waals surface area contributed by atoms with E-state index in [0.717, 1.165) is 31.5 Å². The summed E-state index contributed by atoms with van der Waals surface area (Å²) in [7, 11) is 0. The van der Waals surface area contributed by atoms with Gasteiger partial charge in [0.1, 0.15) is 0 Å². The highest BCUT2D eigenvalue weighted by Gasteiger charge is 2.18. The van der Waals surface area contributed by atoms with E-state index in [9.17, 15) is 14.9 Å². The second kappa shape index (κ2) is 6.32. The first-order valence-electron chi connectivity index (χ1n) is 6.77. The van der Waals surface area contributed by atoms with E-state index in [0.29, 0.717) is 5.92 Å². The maximum absolute atomic E-state index is 12.0. The smallest absolute Gasteiger partial charge is 0.269 e. The molecule has 0 N–H and O–H groups in total. The molecule has 5 heteroatoms. The van der Waals surface area contributed by atoms with E-state index >= 15 is 0 Å². The molecule has 1 amide bonds. The number of carbonyl (C=O) groups excluding carboxylic acids is 1. The average molecular weight is 274 g/mol. The van der Waals surface area contributed by atoms with E-state index in [1.807, 2.05) is 4.90 Å². The highest BCUT2D eigenvalue weighted by molar-refractivity contribution is 5.91. The number of amides is 1. The molecular weight excluding hydrogens is 256 g/mol. The number of rotatable bonds is 3. The van der Waals surface area contributed by atoms with Gasteiger partial charge < -0.3 is 4.90 Å². The summed E-state index contributed by atoms with van der Waals surface area (Å²) in [6.45, 7) is 3.82. The van der Waals surface area contributed by atoms with Crippen LogP contribution in [0.2, 0.25) is 0 Å². The molecule has 1 heterocycles. The van der Waals surface area contributed by atoms with E-state index in [-0.39, 0.29) is 11.6 Å². The van der Waals surface area contributed by atoms with Crippen molar-refractivity contribution in [1.82, 2.24) is 4.90 Å². The molecule has 1 fully saturated rings. The fraction of sp³-hybridized carbons (Fsp3) is 0.400. The van der Waals surface area contributed by atoms with E-state index in [1.54, 1.807) is 18.2 Å². The summed E-state index contributed by atoms with van der Waals surface area (Å²) in [5, 5.41) is 10.5. The number of piperidine rings is 1. The Morgan fingerprint density at radius 1 is 1.30 bits per heavy atom. The first-order chi connectivity index (χ1) is 9.56. The lowest BCUT2D eigenvalue weighted by atomic mass is 9.99. The van der Waals surface area contributed by atoms with Gasteiger partial charge in [0.25, 0.3) is 5.69 Å². The molecule has 1 aliphatic rings. The van der Waals surface area contributed by atoms with Crippen molar-refractivity contribution in [3.8, 4) is 0 Å². The van der Waals surface area contributed by atoms with Crippen molar-refractivity contribution in [1.29, 1.82) is 0 Å². The first kappa shape index (κ1) is 14.2. The monoisotopic (exact) mass is 274 g/mol. The third-order valence-electron chi connectivity index (χ3n) is 3.62. The molecule has 2 rings (SSSR count). The van der Waals surface area contributed by atoms with Crippen molar-refractivity contribution in [2.24, 2.45) is 5.92 Å². The number of nitro benzene ring substituents is 1. The Morgan fingerprint density at radius 3 is 2.45 bits per heavy atom. The van der Waals surface area contributed by atoms with Crippen molar-refractivity contribution < 1.29 is 9.72 Å². The Bertz CT molecular complexity index is 514. The van der Waals surface area contributed by atoms with Gasteiger partial charge in [-0.05, 0) is 42.5 Å². The lowest BCUT2D eigenvalue weighted by Crippen LogP contribution is -2.36. The number of likely N-dealkylation sites (tertiary alicyclic amines) is 1. The average Bonchev–Trinajstić information content (AvgIpc) is 2.46. The topological polar surface area (TPSA) is 63.5 Å². The van der Waals surface area contributed by atoms with Crippen molar-refractivity contribution in [2.75, 3.05) is 13.1 Å². The van der Waals surface area contributed by atoms with E-state index in [4.69, 9.17) is 0 Å². The molecule has 20 heavy (non-hydrogen) atoms. The van der Waals surface area contributed by atoms with Crippen LogP contribution in [-0.2, 0) is 4.79 Å². The van der Waals surface area contributed by atoms with Crippen LogP contribution in [0.4, 0.5) is 5.69 Å². The largest absolute Gasteiger partial charge is 0.339 e. The van der Waals surface area contributed by atoms with Gasteiger partial charge in [0.15, 0.2) is 0 Å².